The Morgan fingerprint density at radius 3 is 2.48 bits per heavy atom. The minimum atomic E-state index is -0.495. The second kappa shape index (κ2) is 8.49. The minimum Gasteiger partial charge on any atom is -0.343 e. The van der Waals surface area contributed by atoms with Crippen LogP contribution in [0.25, 0.3) is 11.3 Å². The Morgan fingerprint density at radius 2 is 1.92 bits per heavy atom. The molecule has 0 atom stereocenters. The van der Waals surface area contributed by atoms with Gasteiger partial charge in [-0.25, -0.2) is 4.98 Å². The van der Waals surface area contributed by atoms with Crippen LogP contribution in [0.5, 0.6) is 0 Å². The molecule has 0 spiro atoms. The lowest BCUT2D eigenvalue weighted by Crippen LogP contribution is -2.32. The van der Waals surface area contributed by atoms with Gasteiger partial charge in [-0.1, -0.05) is 41.6 Å². The lowest BCUT2D eigenvalue weighted by Gasteiger charge is -2.18. The number of aromatic nitrogens is 2. The third kappa shape index (κ3) is 4.48. The van der Waals surface area contributed by atoms with E-state index in [1.165, 1.54) is 11.8 Å². The summed E-state index contributed by atoms with van der Waals surface area (Å²) in [4.78, 5) is 33.0. The Hall–Kier alpha value is -2.59. The number of amides is 1. The van der Waals surface area contributed by atoms with Crippen molar-refractivity contribution >= 4 is 17.7 Å². The van der Waals surface area contributed by atoms with Crippen LogP contribution in [0.15, 0.2) is 34.2 Å². The van der Waals surface area contributed by atoms with Crippen LogP contribution in [-0.4, -0.2) is 39.6 Å². The number of H-pyrrole nitrogens is 1. The van der Waals surface area contributed by atoms with Gasteiger partial charge in [0.25, 0.3) is 5.56 Å². The number of aromatic amines is 1. The summed E-state index contributed by atoms with van der Waals surface area (Å²) in [7, 11) is 0. The number of rotatable bonds is 6. The van der Waals surface area contributed by atoms with Gasteiger partial charge in [0.1, 0.15) is 11.6 Å². The Bertz CT molecular complexity index is 849. The topological polar surface area (TPSA) is 89.8 Å². The van der Waals surface area contributed by atoms with Crippen LogP contribution in [0.4, 0.5) is 0 Å². The molecule has 0 aliphatic carbocycles. The highest BCUT2D eigenvalue weighted by Gasteiger charge is 2.15. The number of aryl methyl sites for hydroxylation is 1. The van der Waals surface area contributed by atoms with Gasteiger partial charge in [-0.3, -0.25) is 9.59 Å². The zero-order valence-corrected chi connectivity index (χ0v) is 15.3. The van der Waals surface area contributed by atoms with Crippen LogP contribution in [0, 0.1) is 18.3 Å². The first-order valence-electron chi connectivity index (χ1n) is 8.02. The van der Waals surface area contributed by atoms with Gasteiger partial charge in [-0.05, 0) is 20.8 Å². The van der Waals surface area contributed by atoms with Crippen LogP contribution in [0.1, 0.15) is 25.0 Å². The van der Waals surface area contributed by atoms with Crippen LogP contribution < -0.4 is 5.56 Å². The molecule has 1 heterocycles. The summed E-state index contributed by atoms with van der Waals surface area (Å²) < 4.78 is 0. The second-order valence-electron chi connectivity index (χ2n) is 5.43. The van der Waals surface area contributed by atoms with Crippen molar-refractivity contribution in [1.29, 1.82) is 5.26 Å². The van der Waals surface area contributed by atoms with E-state index in [9.17, 15) is 14.9 Å². The Morgan fingerprint density at radius 1 is 1.28 bits per heavy atom. The fourth-order valence-electron chi connectivity index (χ4n) is 2.34. The van der Waals surface area contributed by atoms with Crippen LogP contribution >= 0.6 is 11.8 Å². The van der Waals surface area contributed by atoms with Gasteiger partial charge in [0.05, 0.1) is 11.4 Å². The van der Waals surface area contributed by atoms with E-state index >= 15 is 0 Å². The third-order valence-corrected chi connectivity index (χ3v) is 4.64. The molecule has 0 aliphatic heterocycles. The number of nitriles is 1. The number of benzene rings is 1. The normalized spacial score (nSPS) is 10.3. The lowest BCUT2D eigenvalue weighted by atomic mass is 10.1. The first kappa shape index (κ1) is 18.7. The highest BCUT2D eigenvalue weighted by Crippen LogP contribution is 2.22. The van der Waals surface area contributed by atoms with Crippen molar-refractivity contribution in [1.82, 2.24) is 14.9 Å². The highest BCUT2D eigenvalue weighted by molar-refractivity contribution is 7.99. The van der Waals surface area contributed by atoms with Gasteiger partial charge in [0, 0.05) is 18.7 Å². The molecule has 130 valence electrons. The molecule has 7 heteroatoms. The summed E-state index contributed by atoms with van der Waals surface area (Å²) in [6.07, 6.45) is 0. The van der Waals surface area contributed by atoms with E-state index in [1.54, 1.807) is 4.90 Å². The Balaban J connectivity index is 2.32. The molecular weight excluding hydrogens is 336 g/mol. The van der Waals surface area contributed by atoms with Crippen molar-refractivity contribution in [3.05, 3.63) is 45.7 Å². The van der Waals surface area contributed by atoms with Gasteiger partial charge >= 0.3 is 0 Å². The summed E-state index contributed by atoms with van der Waals surface area (Å²) in [5, 5.41) is 9.62. The maximum absolute atomic E-state index is 12.2. The molecular formula is C18H20N4O2S. The van der Waals surface area contributed by atoms with Gasteiger partial charge in [0.15, 0.2) is 5.16 Å². The molecule has 1 N–H and O–H groups in total. The molecule has 0 fully saturated rings. The van der Waals surface area contributed by atoms with E-state index in [0.717, 1.165) is 5.56 Å². The number of hydrogen-bond donors (Lipinski definition) is 1. The molecule has 2 aromatic rings. The van der Waals surface area contributed by atoms with Crippen molar-refractivity contribution in [2.24, 2.45) is 0 Å². The first-order chi connectivity index (χ1) is 12.0. The van der Waals surface area contributed by atoms with Gasteiger partial charge < -0.3 is 9.88 Å². The molecule has 0 saturated carbocycles. The van der Waals surface area contributed by atoms with E-state index in [4.69, 9.17) is 0 Å². The molecule has 0 bridgehead atoms. The average molecular weight is 356 g/mol. The molecule has 0 aliphatic rings. The lowest BCUT2D eigenvalue weighted by molar-refractivity contribution is -0.127. The number of carbonyl (C=O) groups excluding carboxylic acids is 1. The SMILES string of the molecule is CCN(CC)C(=O)CSc1nc(-c2ccc(C)cc2)c(C#N)c(=O)[nH]1. The number of carbonyl (C=O) groups is 1. The van der Waals surface area contributed by atoms with Crippen molar-refractivity contribution in [3.63, 3.8) is 0 Å². The summed E-state index contributed by atoms with van der Waals surface area (Å²) >= 11 is 1.17. The average Bonchev–Trinajstić information content (AvgIpc) is 2.61. The fraction of sp³-hybridized carbons (Fsp3) is 0.333. The molecule has 2 rings (SSSR count). The number of thioether (sulfide) groups is 1. The molecule has 0 saturated heterocycles. The molecule has 25 heavy (non-hydrogen) atoms. The standard InChI is InChI=1S/C18H20N4O2S/c1-4-22(5-2)15(23)11-25-18-20-16(14(10-19)17(24)21-18)13-8-6-12(3)7-9-13/h6-9H,4-5,11H2,1-3H3,(H,20,21,24). The van der Waals surface area contributed by atoms with E-state index in [2.05, 4.69) is 9.97 Å². The predicted octanol–water partition coefficient (Wildman–Crippen LogP) is 2.58. The smallest absolute Gasteiger partial charge is 0.270 e. The summed E-state index contributed by atoms with van der Waals surface area (Å²) in [6, 6.07) is 9.37. The highest BCUT2D eigenvalue weighted by atomic mass is 32.2. The van der Waals surface area contributed by atoms with Gasteiger partial charge in [-0.15, -0.1) is 0 Å². The molecule has 1 amide bonds. The van der Waals surface area contributed by atoms with Crippen LogP contribution in [-0.2, 0) is 4.79 Å². The predicted molar refractivity (Wildman–Crippen MR) is 98.4 cm³/mol. The number of nitrogens with zero attached hydrogens (tertiary/aromatic N) is 3. The van der Waals surface area contributed by atoms with Crippen molar-refractivity contribution in [2.75, 3.05) is 18.8 Å². The van der Waals surface area contributed by atoms with Crippen LogP contribution in [0.3, 0.4) is 0 Å². The van der Waals surface area contributed by atoms with E-state index < -0.39 is 5.56 Å². The maximum Gasteiger partial charge on any atom is 0.270 e. The maximum atomic E-state index is 12.2. The zero-order valence-electron chi connectivity index (χ0n) is 14.5. The monoisotopic (exact) mass is 356 g/mol. The Kier molecular flexibility index (Phi) is 6.37. The van der Waals surface area contributed by atoms with E-state index in [-0.39, 0.29) is 17.2 Å². The largest absolute Gasteiger partial charge is 0.343 e. The molecule has 1 aromatic heterocycles. The second-order valence-corrected chi connectivity index (χ2v) is 6.39. The molecule has 6 nitrogen and oxygen atoms in total. The first-order valence-corrected chi connectivity index (χ1v) is 9.00. The Labute approximate surface area is 150 Å². The number of hydrogen-bond acceptors (Lipinski definition) is 5. The molecule has 0 radical (unpaired) electrons. The van der Waals surface area contributed by atoms with Gasteiger partial charge in [-0.2, -0.15) is 5.26 Å². The quantitative estimate of drug-likeness (QED) is 0.635. The third-order valence-electron chi connectivity index (χ3n) is 3.78. The van der Waals surface area contributed by atoms with Crippen molar-refractivity contribution in [3.8, 4) is 17.3 Å². The summed E-state index contributed by atoms with van der Waals surface area (Å²) in [5.41, 5.74) is 1.59. The summed E-state index contributed by atoms with van der Waals surface area (Å²) in [6.45, 7) is 7.08. The van der Waals surface area contributed by atoms with E-state index in [0.29, 0.717) is 29.5 Å². The molecule has 0 unspecified atom stereocenters. The van der Waals surface area contributed by atoms with Crippen molar-refractivity contribution < 1.29 is 4.79 Å². The van der Waals surface area contributed by atoms with Gasteiger partial charge in [0.2, 0.25) is 5.91 Å². The molecule has 1 aromatic carbocycles. The van der Waals surface area contributed by atoms with E-state index in [1.807, 2.05) is 51.1 Å². The fourth-order valence-corrected chi connectivity index (χ4v) is 3.11. The van der Waals surface area contributed by atoms with Crippen molar-refractivity contribution in [2.45, 2.75) is 25.9 Å². The minimum absolute atomic E-state index is 0.0149. The summed E-state index contributed by atoms with van der Waals surface area (Å²) in [5.74, 6) is 0.169. The zero-order chi connectivity index (χ0) is 18.4. The van der Waals surface area contributed by atoms with Crippen LogP contribution in [0.2, 0.25) is 0 Å². The number of nitrogens with one attached hydrogen (secondary N) is 1.